The second kappa shape index (κ2) is 20.8. The van der Waals surface area contributed by atoms with Gasteiger partial charge in [-0.3, -0.25) is 4.79 Å². The van der Waals surface area contributed by atoms with Crippen molar-refractivity contribution in [3.63, 3.8) is 0 Å². The third kappa shape index (κ3) is 23.2. The first-order chi connectivity index (χ1) is 9.77. The zero-order valence-corrected chi connectivity index (χ0v) is 17.3. The molecule has 0 aromatic carbocycles. The first-order valence-corrected chi connectivity index (χ1v) is 8.99. The minimum atomic E-state index is -0.653. The Hall–Kier alpha value is 0.847. The van der Waals surface area contributed by atoms with Crippen LogP contribution >= 0.6 is 0 Å². The molecule has 0 aliphatic heterocycles. The summed E-state index contributed by atoms with van der Waals surface area (Å²) < 4.78 is 0. The second-order valence-electron chi connectivity index (χ2n) is 6.09. The monoisotopic (exact) mass is 424 g/mol. The van der Waals surface area contributed by atoms with Gasteiger partial charge in [0.25, 0.3) is 0 Å². The first kappa shape index (κ1) is 24.1. The Morgan fingerprint density at radius 1 is 0.619 bits per heavy atom. The number of hydrogen-bond acceptors (Lipinski definition) is 1. The van der Waals surface area contributed by atoms with Gasteiger partial charge in [-0.15, -0.1) is 0 Å². The Labute approximate surface area is 166 Å². The molecule has 0 aliphatic rings. The maximum Gasteiger partial charge on any atom is 0.303 e. The third-order valence-electron chi connectivity index (χ3n) is 3.99. The summed E-state index contributed by atoms with van der Waals surface area (Å²) in [6.07, 6.45) is 20.2. The van der Waals surface area contributed by atoms with Crippen LogP contribution in [0.4, 0.5) is 0 Å². The van der Waals surface area contributed by atoms with Gasteiger partial charge in [0.15, 0.2) is 0 Å². The van der Waals surface area contributed by atoms with Crippen molar-refractivity contribution in [3.05, 3.63) is 0 Å². The molecule has 2 nitrogen and oxygen atoms in total. The van der Waals surface area contributed by atoms with Crippen molar-refractivity contribution in [1.82, 2.24) is 0 Å². The maximum absolute atomic E-state index is 10.3. The van der Waals surface area contributed by atoms with E-state index in [1.165, 1.54) is 83.5 Å². The number of hydrogen-bond donors (Lipinski definition) is 1. The molecule has 0 saturated carbocycles. The number of carboxylic acids is 1. The van der Waals surface area contributed by atoms with Gasteiger partial charge >= 0.3 is 5.97 Å². The van der Waals surface area contributed by atoms with Gasteiger partial charge < -0.3 is 5.11 Å². The summed E-state index contributed by atoms with van der Waals surface area (Å²) in [5.74, 6) is -0.653. The third-order valence-corrected chi connectivity index (χ3v) is 3.99. The Balaban J connectivity index is 0. The first-order valence-electron chi connectivity index (χ1n) is 8.99. The summed E-state index contributed by atoms with van der Waals surface area (Å²) >= 11 is 0. The largest absolute Gasteiger partial charge is 0.481 e. The van der Waals surface area contributed by atoms with Gasteiger partial charge in [-0.25, -0.2) is 0 Å². The van der Waals surface area contributed by atoms with Crippen LogP contribution in [0.1, 0.15) is 110 Å². The summed E-state index contributed by atoms with van der Waals surface area (Å²) in [6.45, 7) is 2.27. The van der Waals surface area contributed by atoms with E-state index in [1.54, 1.807) is 0 Å². The molecular weight excluding hydrogens is 388 g/mol. The van der Waals surface area contributed by atoms with Gasteiger partial charge in [0.05, 0.1) is 0 Å². The molecule has 0 aliphatic carbocycles. The molecule has 0 rings (SSSR count). The Morgan fingerprint density at radius 2 is 0.905 bits per heavy atom. The zero-order chi connectivity index (χ0) is 14.9. The van der Waals surface area contributed by atoms with Crippen molar-refractivity contribution in [3.8, 4) is 0 Å². The fourth-order valence-corrected chi connectivity index (χ4v) is 2.65. The van der Waals surface area contributed by atoms with Crippen LogP contribution in [0.15, 0.2) is 0 Å². The van der Waals surface area contributed by atoms with E-state index < -0.39 is 5.97 Å². The van der Waals surface area contributed by atoms with E-state index in [0.29, 0.717) is 6.42 Å². The number of carbonyl (C=O) groups is 1. The van der Waals surface area contributed by atoms with Crippen LogP contribution in [0.5, 0.6) is 0 Å². The molecule has 0 aromatic heterocycles. The molecule has 0 atom stereocenters. The van der Waals surface area contributed by atoms with Gasteiger partial charge in [-0.2, -0.15) is 0 Å². The van der Waals surface area contributed by atoms with Crippen LogP contribution in [-0.2, 0) is 4.79 Å². The molecule has 0 aromatic rings. The molecule has 124 valence electrons. The maximum atomic E-state index is 10.3. The van der Waals surface area contributed by atoms with Crippen LogP contribution in [-0.4, -0.2) is 11.1 Å². The summed E-state index contributed by atoms with van der Waals surface area (Å²) in [5, 5.41) is 8.52. The molecule has 0 saturated heterocycles. The number of aliphatic carboxylic acids is 1. The Kier molecular flexibility index (Phi) is 23.9. The predicted molar refractivity (Wildman–Crippen MR) is 87.2 cm³/mol. The van der Waals surface area contributed by atoms with Crippen molar-refractivity contribution in [2.24, 2.45) is 0 Å². The molecule has 1 N–H and O–H groups in total. The summed E-state index contributed by atoms with van der Waals surface area (Å²) in [5.41, 5.74) is 0. The van der Waals surface area contributed by atoms with Gasteiger partial charge in [-0.05, 0) is 6.42 Å². The quantitative estimate of drug-likeness (QED) is 0.294. The second-order valence-corrected chi connectivity index (χ2v) is 6.09. The molecular formula is C18H36CeO2. The van der Waals surface area contributed by atoms with Crippen LogP contribution in [0, 0.1) is 41.7 Å². The molecule has 0 spiro atoms. The number of rotatable bonds is 16. The molecule has 3 heteroatoms. The SMILES string of the molecule is CCCCCCCCCCCCCCCCCC(=O)O.[Ce]. The van der Waals surface area contributed by atoms with Gasteiger partial charge in [0.1, 0.15) is 0 Å². The van der Waals surface area contributed by atoms with Crippen molar-refractivity contribution in [1.29, 1.82) is 0 Å². The molecule has 0 bridgehead atoms. The standard InChI is InChI=1S/C18H36O2.Ce/c1-2-3-4-5-6-7-8-9-10-11-12-13-14-15-16-17-18(19)20;/h2-17H2,1H3,(H,19,20);. The predicted octanol–water partition coefficient (Wildman–Crippen LogP) is 6.33. The van der Waals surface area contributed by atoms with Gasteiger partial charge in [0.2, 0.25) is 0 Å². The van der Waals surface area contributed by atoms with E-state index >= 15 is 0 Å². The van der Waals surface area contributed by atoms with Crippen molar-refractivity contribution < 1.29 is 51.6 Å². The molecule has 0 unspecified atom stereocenters. The summed E-state index contributed by atoms with van der Waals surface area (Å²) in [6, 6.07) is 0. The average Bonchev–Trinajstić information content (AvgIpc) is 2.43. The van der Waals surface area contributed by atoms with E-state index in [2.05, 4.69) is 6.92 Å². The van der Waals surface area contributed by atoms with E-state index in [0.717, 1.165) is 12.8 Å². The summed E-state index contributed by atoms with van der Waals surface area (Å²) in [4.78, 5) is 10.3. The minimum Gasteiger partial charge on any atom is -0.481 e. The Bertz CT molecular complexity index is 207. The van der Waals surface area contributed by atoms with Crippen LogP contribution in [0.25, 0.3) is 0 Å². The minimum absolute atomic E-state index is 0. The smallest absolute Gasteiger partial charge is 0.303 e. The fraction of sp³-hybridized carbons (Fsp3) is 0.944. The van der Waals surface area contributed by atoms with Crippen molar-refractivity contribution >= 4 is 5.97 Å². The molecule has 0 amide bonds. The van der Waals surface area contributed by atoms with Crippen LogP contribution in [0.2, 0.25) is 0 Å². The molecule has 21 heavy (non-hydrogen) atoms. The number of unbranched alkanes of at least 4 members (excludes halogenated alkanes) is 14. The normalized spacial score (nSPS) is 10.3. The van der Waals surface area contributed by atoms with Crippen molar-refractivity contribution in [2.75, 3.05) is 0 Å². The van der Waals surface area contributed by atoms with E-state index in [9.17, 15) is 4.79 Å². The van der Waals surface area contributed by atoms with Gasteiger partial charge in [0, 0.05) is 48.2 Å². The summed E-state index contributed by atoms with van der Waals surface area (Å²) in [7, 11) is 0. The average molecular weight is 425 g/mol. The van der Waals surface area contributed by atoms with E-state index in [4.69, 9.17) is 5.11 Å². The van der Waals surface area contributed by atoms with Crippen molar-refractivity contribution in [2.45, 2.75) is 110 Å². The van der Waals surface area contributed by atoms with Gasteiger partial charge in [-0.1, -0.05) is 96.8 Å². The van der Waals surface area contributed by atoms with E-state index in [1.807, 2.05) is 0 Å². The number of carboxylic acid groups (broad SMARTS) is 1. The molecule has 0 fully saturated rings. The van der Waals surface area contributed by atoms with Crippen LogP contribution < -0.4 is 0 Å². The zero-order valence-electron chi connectivity index (χ0n) is 14.2. The fourth-order valence-electron chi connectivity index (χ4n) is 2.65. The van der Waals surface area contributed by atoms with E-state index in [-0.39, 0.29) is 41.7 Å². The van der Waals surface area contributed by atoms with Crippen LogP contribution in [0.3, 0.4) is 0 Å². The molecule has 0 radical (unpaired) electrons. The molecule has 0 heterocycles. The Morgan fingerprint density at radius 3 is 1.19 bits per heavy atom. The topological polar surface area (TPSA) is 37.3 Å².